The van der Waals surface area contributed by atoms with Crippen LogP contribution in [0.15, 0.2) is 46.7 Å². The second kappa shape index (κ2) is 4.47. The quantitative estimate of drug-likeness (QED) is 0.738. The Morgan fingerprint density at radius 2 is 2.04 bits per heavy atom. The van der Waals surface area contributed by atoms with E-state index in [4.69, 9.17) is 0 Å². The van der Waals surface area contributed by atoms with Gasteiger partial charge in [-0.1, -0.05) is 12.1 Å². The minimum Gasteiger partial charge on any atom is -0.507 e. The first-order chi connectivity index (χ1) is 10.8. The summed E-state index contributed by atoms with van der Waals surface area (Å²) in [4.78, 5) is 0. The highest BCUT2D eigenvalue weighted by atomic mass is 19.1. The van der Waals surface area contributed by atoms with Crippen LogP contribution >= 0.6 is 0 Å². The van der Waals surface area contributed by atoms with E-state index in [1.807, 2.05) is 26.8 Å². The molecule has 1 aliphatic heterocycles. The zero-order chi connectivity index (χ0) is 16.5. The monoisotopic (exact) mass is 315 g/mol. The van der Waals surface area contributed by atoms with Gasteiger partial charge in [-0.2, -0.15) is 0 Å². The SMILES string of the molecule is CC1=CC(C)(C)NC2=C1C(F)C1C(=C(O)c3cc(F)ccc31)C2. The summed E-state index contributed by atoms with van der Waals surface area (Å²) in [6, 6.07) is 4.22. The van der Waals surface area contributed by atoms with Crippen LogP contribution < -0.4 is 5.32 Å². The van der Waals surface area contributed by atoms with Gasteiger partial charge in [0.1, 0.15) is 17.7 Å². The first kappa shape index (κ1) is 14.5. The second-order valence-corrected chi connectivity index (χ2v) is 7.23. The lowest BCUT2D eigenvalue weighted by molar-refractivity contribution is 0.323. The normalized spacial score (nSPS) is 28.0. The summed E-state index contributed by atoms with van der Waals surface area (Å²) in [6.45, 7) is 6.00. The fourth-order valence-corrected chi connectivity index (χ4v) is 4.27. The van der Waals surface area contributed by atoms with Gasteiger partial charge in [0.15, 0.2) is 0 Å². The van der Waals surface area contributed by atoms with Gasteiger partial charge in [-0.15, -0.1) is 0 Å². The van der Waals surface area contributed by atoms with Gasteiger partial charge >= 0.3 is 0 Å². The number of hydrogen-bond acceptors (Lipinski definition) is 2. The highest BCUT2D eigenvalue weighted by Gasteiger charge is 2.45. The van der Waals surface area contributed by atoms with Crippen LogP contribution in [-0.4, -0.2) is 16.8 Å². The standard InChI is InChI=1S/C19H19F2NO/c1-9-8-19(2,3)22-14-7-13-16(17(21)15(9)14)11-5-4-10(20)6-12(11)18(13)23/h4-6,8,16-17,22-23H,7H2,1-3H3. The Morgan fingerprint density at radius 3 is 2.78 bits per heavy atom. The Labute approximate surface area is 134 Å². The van der Waals surface area contributed by atoms with Crippen LogP contribution in [0.3, 0.4) is 0 Å². The Bertz CT molecular complexity index is 817. The summed E-state index contributed by atoms with van der Waals surface area (Å²) >= 11 is 0. The third-order valence-corrected chi connectivity index (χ3v) is 5.02. The Morgan fingerprint density at radius 1 is 1.30 bits per heavy atom. The van der Waals surface area contributed by atoms with Crippen molar-refractivity contribution in [3.63, 3.8) is 0 Å². The highest BCUT2D eigenvalue weighted by Crippen LogP contribution is 2.52. The lowest BCUT2D eigenvalue weighted by atomic mass is 9.75. The van der Waals surface area contributed by atoms with E-state index in [2.05, 4.69) is 5.32 Å². The van der Waals surface area contributed by atoms with E-state index in [-0.39, 0.29) is 11.3 Å². The molecule has 1 heterocycles. The maximum absolute atomic E-state index is 15.4. The van der Waals surface area contributed by atoms with E-state index >= 15 is 4.39 Å². The number of halogens is 2. The summed E-state index contributed by atoms with van der Waals surface area (Å²) in [6.07, 6.45) is 1.27. The smallest absolute Gasteiger partial charge is 0.138 e. The van der Waals surface area contributed by atoms with Gasteiger partial charge in [-0.3, -0.25) is 0 Å². The van der Waals surface area contributed by atoms with E-state index in [0.29, 0.717) is 28.7 Å². The third-order valence-electron chi connectivity index (χ3n) is 5.02. The van der Waals surface area contributed by atoms with Crippen LogP contribution in [-0.2, 0) is 0 Å². The first-order valence-corrected chi connectivity index (χ1v) is 7.85. The number of allylic oxidation sites excluding steroid dienone is 3. The third kappa shape index (κ3) is 1.97. The van der Waals surface area contributed by atoms with Gasteiger partial charge in [0.25, 0.3) is 0 Å². The van der Waals surface area contributed by atoms with Gasteiger partial charge < -0.3 is 10.4 Å². The van der Waals surface area contributed by atoms with Crippen molar-refractivity contribution in [2.75, 3.05) is 0 Å². The number of rotatable bonds is 0. The molecule has 2 atom stereocenters. The van der Waals surface area contributed by atoms with E-state index in [1.165, 1.54) is 12.1 Å². The molecule has 3 aliphatic rings. The summed E-state index contributed by atoms with van der Waals surface area (Å²) in [7, 11) is 0. The minimum atomic E-state index is -1.23. The average Bonchev–Trinajstić information content (AvgIpc) is 2.70. The molecule has 0 spiro atoms. The molecule has 0 saturated carbocycles. The molecular formula is C19H19F2NO. The molecule has 1 aromatic carbocycles. The predicted molar refractivity (Wildman–Crippen MR) is 86.2 cm³/mol. The Kier molecular flexibility index (Phi) is 2.81. The molecule has 2 aliphatic carbocycles. The largest absolute Gasteiger partial charge is 0.507 e. The number of dihydropyridines is 1. The van der Waals surface area contributed by atoms with Gasteiger partial charge in [-0.05, 0) is 49.6 Å². The topological polar surface area (TPSA) is 32.3 Å². The van der Waals surface area contributed by atoms with Crippen molar-refractivity contribution < 1.29 is 13.9 Å². The van der Waals surface area contributed by atoms with Gasteiger partial charge in [0.2, 0.25) is 0 Å². The molecule has 0 bridgehead atoms. The zero-order valence-electron chi connectivity index (χ0n) is 13.4. The predicted octanol–water partition coefficient (Wildman–Crippen LogP) is 4.52. The van der Waals surface area contributed by atoms with Gasteiger partial charge in [0.05, 0.1) is 5.54 Å². The molecule has 0 amide bonds. The number of hydrogen-bond donors (Lipinski definition) is 2. The minimum absolute atomic E-state index is 0.0329. The number of aliphatic hydroxyl groups excluding tert-OH is 1. The molecule has 0 aromatic heterocycles. The molecule has 2 nitrogen and oxygen atoms in total. The summed E-state index contributed by atoms with van der Waals surface area (Å²) in [5.74, 6) is -0.903. The second-order valence-electron chi connectivity index (χ2n) is 7.23. The maximum Gasteiger partial charge on any atom is 0.138 e. The lowest BCUT2D eigenvalue weighted by Gasteiger charge is -2.39. The molecule has 4 rings (SSSR count). The molecule has 2 unspecified atom stereocenters. The van der Waals surface area contributed by atoms with E-state index in [1.54, 1.807) is 6.07 Å². The molecule has 23 heavy (non-hydrogen) atoms. The average molecular weight is 315 g/mol. The van der Waals surface area contributed by atoms with Gasteiger partial charge in [0, 0.05) is 29.2 Å². The van der Waals surface area contributed by atoms with E-state index < -0.39 is 17.9 Å². The highest BCUT2D eigenvalue weighted by molar-refractivity contribution is 5.76. The molecule has 0 radical (unpaired) electrons. The van der Waals surface area contributed by atoms with Crippen LogP contribution in [0.1, 0.15) is 44.2 Å². The number of fused-ring (bicyclic) bond motifs is 3. The van der Waals surface area contributed by atoms with E-state index in [0.717, 1.165) is 11.3 Å². The summed E-state index contributed by atoms with van der Waals surface area (Å²) in [5, 5.41) is 13.9. The zero-order valence-corrected chi connectivity index (χ0v) is 13.4. The molecular weight excluding hydrogens is 296 g/mol. The lowest BCUT2D eigenvalue weighted by Crippen LogP contribution is -2.43. The van der Waals surface area contributed by atoms with Crippen LogP contribution in [0.5, 0.6) is 0 Å². The molecule has 0 fully saturated rings. The fourth-order valence-electron chi connectivity index (χ4n) is 4.27. The Hall–Kier alpha value is -2.10. The summed E-state index contributed by atoms with van der Waals surface area (Å²) in [5.41, 5.74) is 3.95. The van der Waals surface area contributed by atoms with Gasteiger partial charge in [-0.25, -0.2) is 8.78 Å². The molecule has 0 saturated heterocycles. The summed E-state index contributed by atoms with van der Waals surface area (Å²) < 4.78 is 28.9. The fraction of sp³-hybridized carbons (Fsp3) is 0.368. The van der Waals surface area contributed by atoms with Crippen molar-refractivity contribution in [2.24, 2.45) is 0 Å². The molecule has 2 N–H and O–H groups in total. The van der Waals surface area contributed by atoms with Crippen molar-refractivity contribution in [1.82, 2.24) is 5.32 Å². The van der Waals surface area contributed by atoms with E-state index in [9.17, 15) is 9.50 Å². The number of benzene rings is 1. The maximum atomic E-state index is 15.4. The van der Waals surface area contributed by atoms with Crippen molar-refractivity contribution in [1.29, 1.82) is 0 Å². The molecule has 120 valence electrons. The first-order valence-electron chi connectivity index (χ1n) is 7.85. The van der Waals surface area contributed by atoms with Crippen molar-refractivity contribution in [3.8, 4) is 0 Å². The van der Waals surface area contributed by atoms with Crippen LogP contribution in [0, 0.1) is 5.82 Å². The number of alkyl halides is 1. The molecule has 1 aromatic rings. The van der Waals surface area contributed by atoms with Crippen molar-refractivity contribution >= 4 is 5.76 Å². The Balaban J connectivity index is 1.87. The van der Waals surface area contributed by atoms with Crippen LogP contribution in [0.4, 0.5) is 8.78 Å². The number of aliphatic hydroxyl groups is 1. The van der Waals surface area contributed by atoms with Crippen LogP contribution in [0.25, 0.3) is 5.76 Å². The number of nitrogens with one attached hydrogen (secondary N) is 1. The van der Waals surface area contributed by atoms with Crippen molar-refractivity contribution in [2.45, 2.75) is 44.8 Å². The van der Waals surface area contributed by atoms with Crippen molar-refractivity contribution in [3.05, 3.63) is 63.6 Å². The molecule has 4 heteroatoms. The van der Waals surface area contributed by atoms with Crippen LogP contribution in [0.2, 0.25) is 0 Å².